The zero-order valence-corrected chi connectivity index (χ0v) is 11.8. The van der Waals surface area contributed by atoms with Crippen LogP contribution >= 0.6 is 0 Å². The third-order valence-electron chi connectivity index (χ3n) is 3.09. The van der Waals surface area contributed by atoms with Gasteiger partial charge >= 0.3 is 0 Å². The summed E-state index contributed by atoms with van der Waals surface area (Å²) in [5.74, 6) is -0.0310. The minimum atomic E-state index is -0.0310. The molecule has 0 radical (unpaired) electrons. The van der Waals surface area contributed by atoms with Gasteiger partial charge in [0.15, 0.2) is 0 Å². The van der Waals surface area contributed by atoms with Crippen LogP contribution in [0.15, 0.2) is 36.7 Å². The van der Waals surface area contributed by atoms with E-state index < -0.39 is 0 Å². The van der Waals surface area contributed by atoms with Crippen LogP contribution in [-0.2, 0) is 11.2 Å². The largest absolute Gasteiger partial charge is 0.399 e. The number of rotatable bonds is 5. The second-order valence-electron chi connectivity index (χ2n) is 5.05. The van der Waals surface area contributed by atoms with Crippen LogP contribution in [-0.4, -0.2) is 15.7 Å². The molecule has 2 rings (SSSR count). The summed E-state index contributed by atoms with van der Waals surface area (Å²) in [6.45, 7) is 4.08. The van der Waals surface area contributed by atoms with Crippen molar-refractivity contribution in [1.29, 1.82) is 0 Å². The van der Waals surface area contributed by atoms with Crippen molar-refractivity contribution in [3.8, 4) is 0 Å². The molecule has 20 heavy (non-hydrogen) atoms. The molecule has 2 aromatic rings. The van der Waals surface area contributed by atoms with Gasteiger partial charge in [0.25, 0.3) is 0 Å². The molecule has 0 aliphatic carbocycles. The Balaban J connectivity index is 1.88. The lowest BCUT2D eigenvalue weighted by atomic mass is 10.1. The van der Waals surface area contributed by atoms with E-state index >= 15 is 0 Å². The lowest BCUT2D eigenvalue weighted by molar-refractivity contribution is -0.116. The number of nitrogens with one attached hydrogen (secondary N) is 1. The van der Waals surface area contributed by atoms with Crippen LogP contribution in [0.3, 0.4) is 0 Å². The van der Waals surface area contributed by atoms with Crippen molar-refractivity contribution >= 4 is 17.3 Å². The van der Waals surface area contributed by atoms with Crippen molar-refractivity contribution in [2.45, 2.75) is 32.7 Å². The number of nitrogens with two attached hydrogens (primary N) is 1. The first-order valence-electron chi connectivity index (χ1n) is 6.73. The summed E-state index contributed by atoms with van der Waals surface area (Å²) in [5, 5.41) is 7.03. The first kappa shape index (κ1) is 14.1. The average molecular weight is 272 g/mol. The molecule has 0 bridgehead atoms. The molecule has 106 valence electrons. The Morgan fingerprint density at radius 2 is 2.15 bits per heavy atom. The number of carbonyl (C=O) groups excluding carboxylic acids is 1. The fourth-order valence-electron chi connectivity index (χ4n) is 1.92. The Kier molecular flexibility index (Phi) is 4.40. The van der Waals surface area contributed by atoms with Gasteiger partial charge in [-0.25, -0.2) is 0 Å². The molecule has 3 N–H and O–H groups in total. The molecule has 1 amide bonds. The summed E-state index contributed by atoms with van der Waals surface area (Å²) in [7, 11) is 0. The van der Waals surface area contributed by atoms with Crippen LogP contribution < -0.4 is 11.1 Å². The van der Waals surface area contributed by atoms with E-state index in [2.05, 4.69) is 10.4 Å². The molecule has 0 aliphatic heterocycles. The normalized spacial score (nSPS) is 10.8. The first-order valence-corrected chi connectivity index (χ1v) is 6.73. The number of anilines is 2. The molecule has 1 aromatic carbocycles. The Morgan fingerprint density at radius 1 is 1.40 bits per heavy atom. The number of nitrogens with zero attached hydrogens (tertiary/aromatic N) is 2. The predicted molar refractivity (Wildman–Crippen MR) is 80.4 cm³/mol. The van der Waals surface area contributed by atoms with Crippen molar-refractivity contribution in [1.82, 2.24) is 9.78 Å². The molecule has 0 spiro atoms. The summed E-state index contributed by atoms with van der Waals surface area (Å²) >= 11 is 0. The summed E-state index contributed by atoms with van der Waals surface area (Å²) in [6.07, 6.45) is 4.53. The monoisotopic (exact) mass is 272 g/mol. The maximum absolute atomic E-state index is 11.9. The molecule has 1 heterocycles. The number of nitrogen functional groups attached to an aromatic ring is 1. The van der Waals surface area contributed by atoms with Crippen LogP contribution in [0.1, 0.15) is 31.9 Å². The van der Waals surface area contributed by atoms with Crippen molar-refractivity contribution in [2.24, 2.45) is 0 Å². The minimum Gasteiger partial charge on any atom is -0.399 e. The van der Waals surface area contributed by atoms with Crippen molar-refractivity contribution < 1.29 is 4.79 Å². The molecule has 1 aromatic heterocycles. The van der Waals surface area contributed by atoms with E-state index in [0.717, 1.165) is 16.9 Å². The molecule has 0 unspecified atom stereocenters. The fraction of sp³-hybridized carbons (Fsp3) is 0.333. The van der Waals surface area contributed by atoms with Gasteiger partial charge in [0, 0.05) is 24.3 Å². The molecule has 5 heteroatoms. The summed E-state index contributed by atoms with van der Waals surface area (Å²) in [6, 6.07) is 7.89. The van der Waals surface area contributed by atoms with Crippen LogP contribution in [0, 0.1) is 0 Å². The highest BCUT2D eigenvalue weighted by atomic mass is 16.1. The number of aromatic nitrogens is 2. The Morgan fingerprint density at radius 3 is 2.80 bits per heavy atom. The topological polar surface area (TPSA) is 72.9 Å². The third kappa shape index (κ3) is 3.60. The molecular weight excluding hydrogens is 252 g/mol. The van der Waals surface area contributed by atoms with Gasteiger partial charge in [-0.05, 0) is 31.9 Å². The smallest absolute Gasteiger partial charge is 0.224 e. The lowest BCUT2D eigenvalue weighted by Crippen LogP contribution is -2.12. The number of hydrogen-bond acceptors (Lipinski definition) is 3. The molecule has 5 nitrogen and oxygen atoms in total. The number of carbonyl (C=O) groups is 1. The first-order chi connectivity index (χ1) is 9.56. The Labute approximate surface area is 118 Å². The van der Waals surface area contributed by atoms with Gasteiger partial charge < -0.3 is 11.1 Å². The van der Waals surface area contributed by atoms with Gasteiger partial charge in [-0.1, -0.05) is 18.2 Å². The molecule has 0 atom stereocenters. The van der Waals surface area contributed by atoms with E-state index in [1.807, 2.05) is 49.0 Å². The van der Waals surface area contributed by atoms with Gasteiger partial charge in [-0.3, -0.25) is 9.48 Å². The van der Waals surface area contributed by atoms with E-state index in [1.165, 1.54) is 0 Å². The SMILES string of the molecule is CC(C)n1cc(NC(=O)CCc2ccccc2N)cn1. The molecular formula is C15H20N4O. The van der Waals surface area contributed by atoms with Crippen LogP contribution in [0.2, 0.25) is 0 Å². The number of hydrogen-bond donors (Lipinski definition) is 2. The number of aryl methyl sites for hydroxylation is 1. The number of para-hydroxylation sites is 1. The maximum atomic E-state index is 11.9. The number of benzene rings is 1. The van der Waals surface area contributed by atoms with Gasteiger partial charge in [-0.2, -0.15) is 5.10 Å². The molecule has 0 saturated carbocycles. The fourth-order valence-corrected chi connectivity index (χ4v) is 1.92. The van der Waals surface area contributed by atoms with Crippen LogP contribution in [0.4, 0.5) is 11.4 Å². The molecule has 0 aliphatic rings. The Bertz CT molecular complexity index is 589. The van der Waals surface area contributed by atoms with E-state index in [0.29, 0.717) is 12.8 Å². The van der Waals surface area contributed by atoms with E-state index in [9.17, 15) is 4.79 Å². The van der Waals surface area contributed by atoms with Crippen molar-refractivity contribution in [3.63, 3.8) is 0 Å². The quantitative estimate of drug-likeness (QED) is 0.822. The highest BCUT2D eigenvalue weighted by molar-refractivity contribution is 5.90. The highest BCUT2D eigenvalue weighted by Crippen LogP contribution is 2.14. The third-order valence-corrected chi connectivity index (χ3v) is 3.09. The van der Waals surface area contributed by atoms with Crippen molar-refractivity contribution in [3.05, 3.63) is 42.2 Å². The van der Waals surface area contributed by atoms with Crippen LogP contribution in [0.5, 0.6) is 0 Å². The van der Waals surface area contributed by atoms with Gasteiger partial charge in [0.1, 0.15) is 0 Å². The summed E-state index contributed by atoms with van der Waals surface area (Å²) in [5.41, 5.74) is 8.31. The van der Waals surface area contributed by atoms with Crippen molar-refractivity contribution in [2.75, 3.05) is 11.1 Å². The highest BCUT2D eigenvalue weighted by Gasteiger charge is 2.07. The standard InChI is InChI=1S/C15H20N4O/c1-11(2)19-10-13(9-17-19)18-15(20)8-7-12-5-3-4-6-14(12)16/h3-6,9-11H,7-8,16H2,1-2H3,(H,18,20). The zero-order chi connectivity index (χ0) is 14.5. The van der Waals surface area contributed by atoms with Gasteiger partial charge in [-0.15, -0.1) is 0 Å². The average Bonchev–Trinajstić information content (AvgIpc) is 2.86. The van der Waals surface area contributed by atoms with E-state index in [4.69, 9.17) is 5.73 Å². The van der Waals surface area contributed by atoms with Crippen LogP contribution in [0.25, 0.3) is 0 Å². The second kappa shape index (κ2) is 6.23. The zero-order valence-electron chi connectivity index (χ0n) is 11.8. The Hall–Kier alpha value is -2.30. The molecule has 0 fully saturated rings. The minimum absolute atomic E-state index is 0.0310. The van der Waals surface area contributed by atoms with E-state index in [1.54, 1.807) is 6.20 Å². The number of amides is 1. The van der Waals surface area contributed by atoms with Gasteiger partial charge in [0.2, 0.25) is 5.91 Å². The maximum Gasteiger partial charge on any atom is 0.224 e. The van der Waals surface area contributed by atoms with E-state index in [-0.39, 0.29) is 11.9 Å². The summed E-state index contributed by atoms with van der Waals surface area (Å²) in [4.78, 5) is 11.9. The van der Waals surface area contributed by atoms with Gasteiger partial charge in [0.05, 0.1) is 11.9 Å². The predicted octanol–water partition coefficient (Wildman–Crippen LogP) is 2.62. The lowest BCUT2D eigenvalue weighted by Gasteiger charge is -2.06. The second-order valence-corrected chi connectivity index (χ2v) is 5.05. The molecule has 0 saturated heterocycles. The summed E-state index contributed by atoms with van der Waals surface area (Å²) < 4.78 is 1.81.